The highest BCUT2D eigenvalue weighted by atomic mass is 16.3. The van der Waals surface area contributed by atoms with Gasteiger partial charge in [0, 0.05) is 24.9 Å². The first kappa shape index (κ1) is 17.2. The maximum Gasteiger partial charge on any atom is 0.134 e. The van der Waals surface area contributed by atoms with Crippen molar-refractivity contribution in [2.75, 3.05) is 7.05 Å². The lowest BCUT2D eigenvalue weighted by Gasteiger charge is -2.40. The van der Waals surface area contributed by atoms with E-state index in [4.69, 9.17) is 0 Å². The summed E-state index contributed by atoms with van der Waals surface area (Å²) >= 11 is 0. The van der Waals surface area contributed by atoms with E-state index in [1.807, 2.05) is 30.3 Å². The van der Waals surface area contributed by atoms with Gasteiger partial charge in [-0.15, -0.1) is 0 Å². The minimum Gasteiger partial charge on any atom is -0.388 e. The van der Waals surface area contributed by atoms with Crippen LogP contribution in [0.15, 0.2) is 30.3 Å². The van der Waals surface area contributed by atoms with E-state index in [-0.39, 0.29) is 0 Å². The number of carbonyl (C=O) groups excluding carboxylic acids is 1. The Morgan fingerprint density at radius 1 is 1.27 bits per heavy atom. The van der Waals surface area contributed by atoms with E-state index in [0.717, 1.165) is 37.7 Å². The largest absolute Gasteiger partial charge is 0.388 e. The molecule has 1 aliphatic rings. The highest BCUT2D eigenvalue weighted by Gasteiger charge is 2.30. The minimum atomic E-state index is -0.418. The summed E-state index contributed by atoms with van der Waals surface area (Å²) in [6.07, 6.45) is 6.00. The second-order valence-corrected chi connectivity index (χ2v) is 6.56. The number of benzene rings is 1. The van der Waals surface area contributed by atoms with Crippen LogP contribution in [0.3, 0.4) is 0 Å². The molecular formula is C19H29NO2. The van der Waals surface area contributed by atoms with Gasteiger partial charge in [0.15, 0.2) is 0 Å². The van der Waals surface area contributed by atoms with Crippen LogP contribution in [-0.4, -0.2) is 34.9 Å². The molecule has 1 saturated heterocycles. The van der Waals surface area contributed by atoms with Gasteiger partial charge in [-0.3, -0.25) is 9.69 Å². The molecule has 3 atom stereocenters. The van der Waals surface area contributed by atoms with Crippen LogP contribution < -0.4 is 0 Å². The normalized spacial score (nSPS) is 24.1. The number of hydrogen-bond acceptors (Lipinski definition) is 3. The molecule has 1 heterocycles. The number of piperidine rings is 1. The van der Waals surface area contributed by atoms with Gasteiger partial charge in [0.1, 0.15) is 5.78 Å². The van der Waals surface area contributed by atoms with Crippen molar-refractivity contribution in [2.24, 2.45) is 0 Å². The number of likely N-dealkylation sites (tertiary alicyclic amines) is 1. The molecule has 0 aromatic heterocycles. The van der Waals surface area contributed by atoms with Gasteiger partial charge in [-0.05, 0) is 38.3 Å². The predicted octanol–water partition coefficient (Wildman–Crippen LogP) is 3.72. The van der Waals surface area contributed by atoms with E-state index in [9.17, 15) is 9.90 Å². The molecule has 3 heteroatoms. The van der Waals surface area contributed by atoms with Gasteiger partial charge >= 0.3 is 0 Å². The topological polar surface area (TPSA) is 40.5 Å². The Balaban J connectivity index is 1.92. The molecule has 0 radical (unpaired) electrons. The molecule has 1 aromatic carbocycles. The smallest absolute Gasteiger partial charge is 0.134 e. The number of aliphatic hydroxyl groups is 1. The van der Waals surface area contributed by atoms with Crippen molar-refractivity contribution in [3.63, 3.8) is 0 Å². The molecule has 122 valence electrons. The van der Waals surface area contributed by atoms with Crippen molar-refractivity contribution in [3.8, 4) is 0 Å². The lowest BCUT2D eigenvalue weighted by Crippen LogP contribution is -2.45. The number of nitrogens with zero attached hydrogens (tertiary/aromatic N) is 1. The SMILES string of the molecule is CCCC(=O)CC1CCCC(CC(O)c2ccccc2)N1C. The zero-order valence-corrected chi connectivity index (χ0v) is 13.9. The van der Waals surface area contributed by atoms with Gasteiger partial charge in [0.25, 0.3) is 0 Å². The number of carbonyl (C=O) groups is 1. The van der Waals surface area contributed by atoms with Crippen LogP contribution in [0.4, 0.5) is 0 Å². The van der Waals surface area contributed by atoms with Crippen LogP contribution in [0.5, 0.6) is 0 Å². The van der Waals surface area contributed by atoms with E-state index in [1.54, 1.807) is 0 Å². The first-order chi connectivity index (χ1) is 10.6. The summed E-state index contributed by atoms with van der Waals surface area (Å²) in [5, 5.41) is 10.4. The molecular weight excluding hydrogens is 274 g/mol. The van der Waals surface area contributed by atoms with Crippen LogP contribution in [0.2, 0.25) is 0 Å². The quantitative estimate of drug-likeness (QED) is 0.834. The molecule has 0 bridgehead atoms. The minimum absolute atomic E-state index is 0.348. The first-order valence-corrected chi connectivity index (χ1v) is 8.58. The van der Waals surface area contributed by atoms with E-state index in [1.165, 1.54) is 0 Å². The fraction of sp³-hybridized carbons (Fsp3) is 0.632. The Bertz CT molecular complexity index is 460. The number of ketones is 1. The maximum absolute atomic E-state index is 11.9. The lowest BCUT2D eigenvalue weighted by atomic mass is 9.88. The number of aliphatic hydroxyl groups excluding tert-OH is 1. The van der Waals surface area contributed by atoms with E-state index >= 15 is 0 Å². The maximum atomic E-state index is 11.9. The molecule has 2 rings (SSSR count). The van der Waals surface area contributed by atoms with Crippen molar-refractivity contribution in [1.82, 2.24) is 4.90 Å². The Morgan fingerprint density at radius 2 is 1.95 bits per heavy atom. The Labute approximate surface area is 134 Å². The van der Waals surface area contributed by atoms with Gasteiger partial charge in [-0.25, -0.2) is 0 Å². The third kappa shape index (κ3) is 4.65. The Kier molecular flexibility index (Phi) is 6.59. The predicted molar refractivity (Wildman–Crippen MR) is 89.7 cm³/mol. The zero-order valence-electron chi connectivity index (χ0n) is 13.9. The van der Waals surface area contributed by atoms with E-state index in [2.05, 4.69) is 18.9 Å². The molecule has 0 aliphatic carbocycles. The molecule has 3 unspecified atom stereocenters. The summed E-state index contributed by atoms with van der Waals surface area (Å²) < 4.78 is 0. The van der Waals surface area contributed by atoms with Crippen molar-refractivity contribution in [1.29, 1.82) is 0 Å². The van der Waals surface area contributed by atoms with Gasteiger partial charge in [0.05, 0.1) is 6.10 Å². The summed E-state index contributed by atoms with van der Waals surface area (Å²) in [5.41, 5.74) is 0.986. The monoisotopic (exact) mass is 303 g/mol. The number of hydrogen-bond donors (Lipinski definition) is 1. The zero-order chi connectivity index (χ0) is 15.9. The molecule has 3 nitrogen and oxygen atoms in total. The first-order valence-electron chi connectivity index (χ1n) is 8.58. The van der Waals surface area contributed by atoms with Crippen molar-refractivity contribution in [3.05, 3.63) is 35.9 Å². The fourth-order valence-electron chi connectivity index (χ4n) is 3.54. The number of rotatable bonds is 7. The number of Topliss-reactive ketones (excluding diaryl/α,β-unsaturated/α-hetero) is 1. The second kappa shape index (κ2) is 8.44. The molecule has 1 aliphatic heterocycles. The standard InChI is InChI=1S/C19H29NO2/c1-3-8-18(21)13-16-11-7-12-17(20(16)2)14-19(22)15-9-5-4-6-10-15/h4-6,9-10,16-17,19,22H,3,7-8,11-14H2,1-2H3. The molecule has 22 heavy (non-hydrogen) atoms. The van der Waals surface area contributed by atoms with Crippen LogP contribution >= 0.6 is 0 Å². The molecule has 1 aromatic rings. The summed E-state index contributed by atoms with van der Waals surface area (Å²) in [7, 11) is 2.12. The van der Waals surface area contributed by atoms with Crippen LogP contribution in [0, 0.1) is 0 Å². The average Bonchev–Trinajstić information content (AvgIpc) is 2.52. The molecule has 1 fully saturated rings. The van der Waals surface area contributed by atoms with Crippen molar-refractivity contribution >= 4 is 5.78 Å². The molecule has 0 spiro atoms. The van der Waals surface area contributed by atoms with Gasteiger partial charge in [-0.1, -0.05) is 43.7 Å². The second-order valence-electron chi connectivity index (χ2n) is 6.56. The fourth-order valence-corrected chi connectivity index (χ4v) is 3.54. The van der Waals surface area contributed by atoms with Crippen LogP contribution in [-0.2, 0) is 4.79 Å². The third-order valence-electron chi connectivity index (χ3n) is 4.90. The van der Waals surface area contributed by atoms with E-state index in [0.29, 0.717) is 30.7 Å². The van der Waals surface area contributed by atoms with Gasteiger partial charge in [-0.2, -0.15) is 0 Å². The van der Waals surface area contributed by atoms with Crippen LogP contribution in [0.25, 0.3) is 0 Å². The summed E-state index contributed by atoms with van der Waals surface area (Å²) in [5.74, 6) is 0.378. The Morgan fingerprint density at radius 3 is 2.64 bits per heavy atom. The summed E-state index contributed by atoms with van der Waals surface area (Å²) in [4.78, 5) is 14.3. The molecule has 0 amide bonds. The average molecular weight is 303 g/mol. The van der Waals surface area contributed by atoms with Gasteiger partial charge < -0.3 is 5.11 Å². The summed E-state index contributed by atoms with van der Waals surface area (Å²) in [6, 6.07) is 10.6. The summed E-state index contributed by atoms with van der Waals surface area (Å²) in [6.45, 7) is 2.06. The molecule has 1 N–H and O–H groups in total. The third-order valence-corrected chi connectivity index (χ3v) is 4.90. The van der Waals surface area contributed by atoms with Crippen molar-refractivity contribution < 1.29 is 9.90 Å². The molecule has 0 saturated carbocycles. The lowest BCUT2D eigenvalue weighted by molar-refractivity contribution is -0.120. The van der Waals surface area contributed by atoms with Gasteiger partial charge in [0.2, 0.25) is 0 Å². The highest BCUT2D eigenvalue weighted by molar-refractivity contribution is 5.78. The highest BCUT2D eigenvalue weighted by Crippen LogP contribution is 2.30. The van der Waals surface area contributed by atoms with Crippen molar-refractivity contribution in [2.45, 2.75) is 70.1 Å². The Hall–Kier alpha value is -1.19. The van der Waals surface area contributed by atoms with Crippen LogP contribution in [0.1, 0.15) is 63.5 Å². The van der Waals surface area contributed by atoms with E-state index < -0.39 is 6.10 Å².